The summed E-state index contributed by atoms with van der Waals surface area (Å²) in [6.07, 6.45) is -0.388. The molecule has 118 valence electrons. The van der Waals surface area contributed by atoms with E-state index in [2.05, 4.69) is 15.4 Å². The Kier molecular flexibility index (Phi) is 5.87. The number of benzene rings is 1. The number of nitrogens with two attached hydrogens (primary N) is 2. The molecule has 0 saturated carbocycles. The van der Waals surface area contributed by atoms with Crippen LogP contribution in [0.1, 0.15) is 16.8 Å². The lowest BCUT2D eigenvalue weighted by atomic mass is 10.2. The molecule has 0 heterocycles. The predicted molar refractivity (Wildman–Crippen MR) is 76.7 cm³/mol. The summed E-state index contributed by atoms with van der Waals surface area (Å²) in [5.74, 6) is -2.15. The summed E-state index contributed by atoms with van der Waals surface area (Å²) in [5, 5.41) is 4.70. The van der Waals surface area contributed by atoms with Crippen LogP contribution in [0.2, 0.25) is 0 Å². The van der Waals surface area contributed by atoms with Crippen LogP contribution in [0, 0.1) is 0 Å². The molecule has 0 spiro atoms. The van der Waals surface area contributed by atoms with E-state index in [0.29, 0.717) is 5.69 Å². The van der Waals surface area contributed by atoms with Crippen LogP contribution in [0.5, 0.6) is 0 Å². The molecule has 0 aromatic heterocycles. The molecule has 1 aromatic rings. The van der Waals surface area contributed by atoms with Crippen LogP contribution >= 0.6 is 0 Å². The first-order valence-corrected chi connectivity index (χ1v) is 6.17. The third-order valence-corrected chi connectivity index (χ3v) is 2.62. The van der Waals surface area contributed by atoms with Gasteiger partial charge >= 0.3 is 12.0 Å². The van der Waals surface area contributed by atoms with Gasteiger partial charge in [-0.3, -0.25) is 9.59 Å². The van der Waals surface area contributed by atoms with Crippen molar-refractivity contribution in [2.24, 2.45) is 11.5 Å². The Labute approximate surface area is 126 Å². The summed E-state index contributed by atoms with van der Waals surface area (Å²) in [4.78, 5) is 45.0. The molecule has 22 heavy (non-hydrogen) atoms. The molecular weight excluding hydrogens is 292 g/mol. The number of anilines is 1. The molecule has 0 aliphatic rings. The van der Waals surface area contributed by atoms with Gasteiger partial charge in [-0.15, -0.1) is 0 Å². The number of carbonyl (C=O) groups is 4. The summed E-state index contributed by atoms with van der Waals surface area (Å²) in [5.41, 5.74) is 10.7. The smallest absolute Gasteiger partial charge is 0.328 e. The van der Waals surface area contributed by atoms with E-state index in [-0.39, 0.29) is 12.0 Å². The first kappa shape index (κ1) is 17.0. The molecule has 9 nitrogen and oxygen atoms in total. The molecule has 6 N–H and O–H groups in total. The minimum absolute atomic E-state index is 0.284. The van der Waals surface area contributed by atoms with Gasteiger partial charge in [0, 0.05) is 11.3 Å². The molecule has 0 bridgehead atoms. The highest BCUT2D eigenvalue weighted by atomic mass is 16.5. The molecule has 1 atom stereocenters. The quantitative estimate of drug-likeness (QED) is 0.513. The second-order valence-electron chi connectivity index (χ2n) is 4.29. The zero-order valence-corrected chi connectivity index (χ0v) is 11.8. The maximum Gasteiger partial charge on any atom is 0.328 e. The van der Waals surface area contributed by atoms with E-state index < -0.39 is 29.9 Å². The number of primary amides is 2. The Morgan fingerprint density at radius 1 is 1.14 bits per heavy atom. The van der Waals surface area contributed by atoms with Gasteiger partial charge in [-0.05, 0) is 24.3 Å². The van der Waals surface area contributed by atoms with E-state index in [9.17, 15) is 19.2 Å². The monoisotopic (exact) mass is 308 g/mol. The molecule has 4 amide bonds. The maximum absolute atomic E-state index is 11.8. The number of hydrogen-bond acceptors (Lipinski definition) is 5. The number of carbonyl (C=O) groups excluding carboxylic acids is 4. The van der Waals surface area contributed by atoms with Gasteiger partial charge in [0.15, 0.2) is 0 Å². The van der Waals surface area contributed by atoms with Crippen molar-refractivity contribution in [3.63, 3.8) is 0 Å². The van der Waals surface area contributed by atoms with Gasteiger partial charge in [-0.2, -0.15) is 0 Å². The highest BCUT2D eigenvalue weighted by Gasteiger charge is 2.23. The Hall–Kier alpha value is -3.10. The van der Waals surface area contributed by atoms with Crippen molar-refractivity contribution in [2.45, 2.75) is 12.5 Å². The highest BCUT2D eigenvalue weighted by Crippen LogP contribution is 2.09. The normalized spacial score (nSPS) is 11.1. The Morgan fingerprint density at radius 2 is 1.73 bits per heavy atom. The summed E-state index contributed by atoms with van der Waals surface area (Å²) in [6, 6.07) is 3.86. The topological polar surface area (TPSA) is 154 Å². The number of urea groups is 1. The van der Waals surface area contributed by atoms with Gasteiger partial charge in [0.2, 0.25) is 11.8 Å². The molecule has 9 heteroatoms. The SMILES string of the molecule is COC(=O)C(CC(N)=O)NC(=O)Nc1ccc(C(N)=O)cc1. The van der Waals surface area contributed by atoms with Gasteiger partial charge in [0.25, 0.3) is 0 Å². The number of rotatable bonds is 6. The van der Waals surface area contributed by atoms with E-state index in [1.54, 1.807) is 0 Å². The number of nitrogens with one attached hydrogen (secondary N) is 2. The number of esters is 1. The van der Waals surface area contributed by atoms with Gasteiger partial charge in [0.1, 0.15) is 6.04 Å². The van der Waals surface area contributed by atoms with E-state index >= 15 is 0 Å². The molecule has 0 fully saturated rings. The second-order valence-corrected chi connectivity index (χ2v) is 4.29. The van der Waals surface area contributed by atoms with Crippen molar-refractivity contribution in [3.05, 3.63) is 29.8 Å². The minimum atomic E-state index is -1.19. The summed E-state index contributed by atoms with van der Waals surface area (Å²) < 4.78 is 4.47. The van der Waals surface area contributed by atoms with Crippen molar-refractivity contribution in [1.29, 1.82) is 0 Å². The lowest BCUT2D eigenvalue weighted by molar-refractivity contribution is -0.144. The van der Waals surface area contributed by atoms with Crippen molar-refractivity contribution in [1.82, 2.24) is 5.32 Å². The van der Waals surface area contributed by atoms with Crippen LogP contribution in [0.3, 0.4) is 0 Å². The lowest BCUT2D eigenvalue weighted by Gasteiger charge is -2.15. The average molecular weight is 308 g/mol. The first-order chi connectivity index (χ1) is 10.3. The number of hydrogen-bond donors (Lipinski definition) is 4. The van der Waals surface area contributed by atoms with Crippen LogP contribution in [0.25, 0.3) is 0 Å². The van der Waals surface area contributed by atoms with Gasteiger partial charge in [-0.25, -0.2) is 9.59 Å². The van der Waals surface area contributed by atoms with Crippen LogP contribution < -0.4 is 22.1 Å². The second kappa shape index (κ2) is 7.62. The Morgan fingerprint density at radius 3 is 2.18 bits per heavy atom. The fraction of sp³-hybridized carbons (Fsp3) is 0.231. The molecule has 1 aromatic carbocycles. The van der Waals surface area contributed by atoms with Crippen LogP contribution in [-0.2, 0) is 14.3 Å². The van der Waals surface area contributed by atoms with Crippen LogP contribution in [0.15, 0.2) is 24.3 Å². The largest absolute Gasteiger partial charge is 0.467 e. The number of ether oxygens (including phenoxy) is 1. The van der Waals surface area contributed by atoms with Gasteiger partial charge in [0.05, 0.1) is 13.5 Å². The van der Waals surface area contributed by atoms with Crippen molar-refractivity contribution >= 4 is 29.5 Å². The fourth-order valence-corrected chi connectivity index (χ4v) is 1.58. The molecule has 0 aliphatic heterocycles. The van der Waals surface area contributed by atoms with Crippen LogP contribution in [-0.4, -0.2) is 37.0 Å². The molecule has 1 rings (SSSR count). The molecular formula is C13H16N4O5. The van der Waals surface area contributed by atoms with Gasteiger partial charge in [-0.1, -0.05) is 0 Å². The van der Waals surface area contributed by atoms with E-state index in [1.165, 1.54) is 24.3 Å². The molecule has 0 saturated heterocycles. The fourth-order valence-electron chi connectivity index (χ4n) is 1.58. The van der Waals surface area contributed by atoms with Crippen LogP contribution in [0.4, 0.5) is 10.5 Å². The maximum atomic E-state index is 11.8. The summed E-state index contributed by atoms with van der Waals surface area (Å²) in [6.45, 7) is 0. The van der Waals surface area contributed by atoms with E-state index in [0.717, 1.165) is 7.11 Å². The van der Waals surface area contributed by atoms with Gasteiger partial charge < -0.3 is 26.8 Å². The third-order valence-electron chi connectivity index (χ3n) is 2.62. The zero-order valence-electron chi connectivity index (χ0n) is 11.8. The highest BCUT2D eigenvalue weighted by molar-refractivity contribution is 5.96. The zero-order chi connectivity index (χ0) is 16.7. The third kappa shape index (κ3) is 5.12. The van der Waals surface area contributed by atoms with Crippen molar-refractivity contribution < 1.29 is 23.9 Å². The summed E-state index contributed by atoms with van der Waals surface area (Å²) in [7, 11) is 1.12. The molecule has 1 unspecified atom stereocenters. The number of amides is 4. The van der Waals surface area contributed by atoms with E-state index in [1.807, 2.05) is 0 Å². The molecule has 0 radical (unpaired) electrons. The standard InChI is InChI=1S/C13H16N4O5/c1-22-12(20)9(6-10(14)18)17-13(21)16-8-4-2-7(3-5-8)11(15)19/h2-5,9H,6H2,1H3,(H2,14,18)(H2,15,19)(H2,16,17,21). The number of methoxy groups -OCH3 is 1. The van der Waals surface area contributed by atoms with Crippen molar-refractivity contribution in [3.8, 4) is 0 Å². The Bertz CT molecular complexity index is 585. The summed E-state index contributed by atoms with van der Waals surface area (Å²) >= 11 is 0. The predicted octanol–water partition coefficient (Wildman–Crippen LogP) is -0.676. The van der Waals surface area contributed by atoms with E-state index in [4.69, 9.17) is 11.5 Å². The van der Waals surface area contributed by atoms with Crippen molar-refractivity contribution in [2.75, 3.05) is 12.4 Å². The Balaban J connectivity index is 2.68. The first-order valence-electron chi connectivity index (χ1n) is 6.17. The average Bonchev–Trinajstić information content (AvgIpc) is 2.45. The minimum Gasteiger partial charge on any atom is -0.467 e. The lowest BCUT2D eigenvalue weighted by Crippen LogP contribution is -2.45. The molecule has 0 aliphatic carbocycles.